The molecule has 0 amide bonds. The van der Waals surface area contributed by atoms with Crippen LogP contribution in [0.3, 0.4) is 0 Å². The number of rotatable bonds is 2. The van der Waals surface area contributed by atoms with Crippen molar-refractivity contribution in [1.29, 1.82) is 0 Å². The molecule has 2 N–H and O–H groups in total. The van der Waals surface area contributed by atoms with Gasteiger partial charge >= 0.3 is 0 Å². The number of hydrogen-bond acceptors (Lipinski definition) is 2. The zero-order valence-corrected chi connectivity index (χ0v) is 9.22. The second-order valence-corrected chi connectivity index (χ2v) is 2.72. The van der Waals surface area contributed by atoms with Crippen molar-refractivity contribution >= 4 is 30.5 Å². The molecule has 0 aliphatic carbocycles. The molecular weight excluding hydrogens is 221 g/mol. The van der Waals surface area contributed by atoms with Gasteiger partial charge in [-0.15, -0.1) is 24.8 Å². The molecule has 78 valence electrons. The van der Waals surface area contributed by atoms with Gasteiger partial charge in [0.15, 0.2) is 0 Å². The Labute approximate surface area is 95.1 Å². The summed E-state index contributed by atoms with van der Waals surface area (Å²) in [4.78, 5) is 4.24. The van der Waals surface area contributed by atoms with Crippen LogP contribution in [0.25, 0.3) is 5.65 Å². The lowest BCUT2D eigenvalue weighted by Gasteiger charge is -1.97. The Hall–Kier alpha value is -0.770. The van der Waals surface area contributed by atoms with E-state index in [1.54, 1.807) is 0 Å². The van der Waals surface area contributed by atoms with Crippen LogP contribution in [0, 0.1) is 0 Å². The van der Waals surface area contributed by atoms with E-state index in [0.29, 0.717) is 6.54 Å². The maximum atomic E-state index is 5.47. The van der Waals surface area contributed by atoms with Crippen LogP contribution >= 0.6 is 24.8 Å². The summed E-state index contributed by atoms with van der Waals surface area (Å²) < 4.78 is 2.06. The van der Waals surface area contributed by atoms with E-state index in [1.165, 1.54) is 5.69 Å². The standard InChI is InChI=1S/C9H11N3.2ClH/c10-5-4-8-7-11-9-3-1-2-6-12(8)9;;/h1-3,6-7H,4-5,10H2;2*1H. The molecule has 0 aliphatic heterocycles. The average molecular weight is 234 g/mol. The molecule has 2 heterocycles. The lowest BCUT2D eigenvalue weighted by molar-refractivity contribution is 0.905. The summed E-state index contributed by atoms with van der Waals surface area (Å²) in [5.74, 6) is 0. The van der Waals surface area contributed by atoms with Crippen molar-refractivity contribution in [2.24, 2.45) is 5.73 Å². The van der Waals surface area contributed by atoms with E-state index in [4.69, 9.17) is 5.73 Å². The van der Waals surface area contributed by atoms with Crippen LogP contribution in [0.2, 0.25) is 0 Å². The molecule has 0 unspecified atom stereocenters. The predicted octanol–water partition coefficient (Wildman–Crippen LogP) is 1.68. The fourth-order valence-electron chi connectivity index (χ4n) is 1.32. The largest absolute Gasteiger partial charge is 0.330 e. The minimum absolute atomic E-state index is 0. The monoisotopic (exact) mass is 233 g/mol. The van der Waals surface area contributed by atoms with Crippen molar-refractivity contribution in [3.8, 4) is 0 Å². The summed E-state index contributed by atoms with van der Waals surface area (Å²) in [6, 6.07) is 5.96. The topological polar surface area (TPSA) is 43.3 Å². The van der Waals surface area contributed by atoms with E-state index in [-0.39, 0.29) is 24.8 Å². The van der Waals surface area contributed by atoms with Crippen molar-refractivity contribution in [2.45, 2.75) is 6.42 Å². The fourth-order valence-corrected chi connectivity index (χ4v) is 1.32. The molecule has 2 aromatic heterocycles. The molecule has 0 aromatic carbocycles. The van der Waals surface area contributed by atoms with Gasteiger partial charge in [-0.3, -0.25) is 0 Å². The average Bonchev–Trinajstić information content (AvgIpc) is 2.50. The van der Waals surface area contributed by atoms with Gasteiger partial charge < -0.3 is 10.1 Å². The van der Waals surface area contributed by atoms with Crippen LogP contribution in [0.15, 0.2) is 30.6 Å². The number of nitrogens with two attached hydrogens (primary N) is 1. The summed E-state index contributed by atoms with van der Waals surface area (Å²) in [7, 11) is 0. The van der Waals surface area contributed by atoms with E-state index >= 15 is 0 Å². The Morgan fingerprint density at radius 2 is 2.07 bits per heavy atom. The Bertz CT molecular complexity index is 386. The first-order valence-corrected chi connectivity index (χ1v) is 4.03. The Balaban J connectivity index is 0.000000845. The fraction of sp³-hybridized carbons (Fsp3) is 0.222. The molecule has 0 saturated heterocycles. The number of pyridine rings is 1. The van der Waals surface area contributed by atoms with Gasteiger partial charge in [0.05, 0.1) is 0 Å². The highest BCUT2D eigenvalue weighted by Gasteiger charge is 1.99. The number of aromatic nitrogens is 2. The summed E-state index contributed by atoms with van der Waals surface area (Å²) in [5, 5.41) is 0. The van der Waals surface area contributed by atoms with Gasteiger partial charge in [-0.1, -0.05) is 6.07 Å². The number of nitrogens with zero attached hydrogens (tertiary/aromatic N) is 2. The zero-order valence-electron chi connectivity index (χ0n) is 7.59. The van der Waals surface area contributed by atoms with Crippen molar-refractivity contribution in [3.05, 3.63) is 36.3 Å². The predicted molar refractivity (Wildman–Crippen MR) is 62.4 cm³/mol. The molecule has 2 aromatic rings. The van der Waals surface area contributed by atoms with E-state index in [9.17, 15) is 0 Å². The molecule has 0 aliphatic rings. The lowest BCUT2D eigenvalue weighted by Crippen LogP contribution is -2.04. The van der Waals surface area contributed by atoms with Crippen LogP contribution in [0.4, 0.5) is 0 Å². The third-order valence-electron chi connectivity index (χ3n) is 1.89. The SMILES string of the molecule is Cl.Cl.NCCc1cnc2ccccn12. The van der Waals surface area contributed by atoms with Gasteiger partial charge in [0, 0.05) is 24.5 Å². The highest BCUT2D eigenvalue weighted by atomic mass is 35.5. The molecule has 0 fully saturated rings. The third kappa shape index (κ3) is 2.38. The molecule has 0 radical (unpaired) electrons. The van der Waals surface area contributed by atoms with Crippen LogP contribution in [0.1, 0.15) is 5.69 Å². The molecule has 2 rings (SSSR count). The Morgan fingerprint density at radius 1 is 1.29 bits per heavy atom. The highest BCUT2D eigenvalue weighted by molar-refractivity contribution is 5.85. The first-order valence-electron chi connectivity index (χ1n) is 4.03. The minimum atomic E-state index is 0. The Kier molecular flexibility index (Phi) is 5.53. The molecule has 5 heteroatoms. The van der Waals surface area contributed by atoms with E-state index in [1.807, 2.05) is 30.6 Å². The number of hydrogen-bond donors (Lipinski definition) is 1. The van der Waals surface area contributed by atoms with Crippen molar-refractivity contribution < 1.29 is 0 Å². The van der Waals surface area contributed by atoms with Crippen LogP contribution < -0.4 is 5.73 Å². The van der Waals surface area contributed by atoms with Crippen LogP contribution in [-0.4, -0.2) is 15.9 Å². The zero-order chi connectivity index (χ0) is 8.39. The molecule has 14 heavy (non-hydrogen) atoms. The quantitative estimate of drug-likeness (QED) is 0.859. The molecule has 0 atom stereocenters. The van der Waals surface area contributed by atoms with Gasteiger partial charge in [-0.2, -0.15) is 0 Å². The number of halogens is 2. The van der Waals surface area contributed by atoms with Gasteiger partial charge in [0.25, 0.3) is 0 Å². The first-order chi connectivity index (χ1) is 5.92. The van der Waals surface area contributed by atoms with Gasteiger partial charge in [0.1, 0.15) is 5.65 Å². The van der Waals surface area contributed by atoms with Crippen molar-refractivity contribution in [1.82, 2.24) is 9.38 Å². The summed E-state index contributed by atoms with van der Waals surface area (Å²) in [6.07, 6.45) is 4.76. The third-order valence-corrected chi connectivity index (χ3v) is 1.89. The molecule has 0 bridgehead atoms. The minimum Gasteiger partial charge on any atom is -0.330 e. The van der Waals surface area contributed by atoms with Gasteiger partial charge in [0.2, 0.25) is 0 Å². The summed E-state index contributed by atoms with van der Waals surface area (Å²) in [6.45, 7) is 0.669. The van der Waals surface area contributed by atoms with Gasteiger partial charge in [-0.25, -0.2) is 4.98 Å². The van der Waals surface area contributed by atoms with Crippen LogP contribution in [-0.2, 0) is 6.42 Å². The lowest BCUT2D eigenvalue weighted by atomic mass is 10.3. The first kappa shape index (κ1) is 13.2. The van der Waals surface area contributed by atoms with Crippen LogP contribution in [0.5, 0.6) is 0 Å². The van der Waals surface area contributed by atoms with Crippen molar-refractivity contribution in [3.63, 3.8) is 0 Å². The van der Waals surface area contributed by atoms with E-state index in [2.05, 4.69) is 9.38 Å². The number of imidazole rings is 1. The second kappa shape index (κ2) is 5.86. The highest BCUT2D eigenvalue weighted by Crippen LogP contribution is 2.05. The normalized spacial score (nSPS) is 9.21. The Morgan fingerprint density at radius 3 is 2.79 bits per heavy atom. The maximum Gasteiger partial charge on any atom is 0.136 e. The number of fused-ring (bicyclic) bond motifs is 1. The molecule has 0 spiro atoms. The smallest absolute Gasteiger partial charge is 0.136 e. The van der Waals surface area contributed by atoms with Gasteiger partial charge in [-0.05, 0) is 18.7 Å². The van der Waals surface area contributed by atoms with Crippen molar-refractivity contribution in [2.75, 3.05) is 6.54 Å². The summed E-state index contributed by atoms with van der Waals surface area (Å²) >= 11 is 0. The van der Waals surface area contributed by atoms with E-state index in [0.717, 1.165) is 12.1 Å². The summed E-state index contributed by atoms with van der Waals surface area (Å²) in [5.41, 5.74) is 7.63. The molecular formula is C9H13Cl2N3. The molecule has 3 nitrogen and oxygen atoms in total. The second-order valence-electron chi connectivity index (χ2n) is 2.72. The molecule has 0 saturated carbocycles. The maximum absolute atomic E-state index is 5.47. The van der Waals surface area contributed by atoms with E-state index < -0.39 is 0 Å².